The van der Waals surface area contributed by atoms with Crippen molar-refractivity contribution in [3.8, 4) is 0 Å². The standard InChI is InChI=1S/C28H36N2Si/c1-31(2,3)27-16-14-26(15-17-27)30-22-20-29(21-23-30)19-18-28(24-10-6-4-7-11-24)25-12-8-5-9-13-25/h4-17,28H,18-23H2,1-3H3. The maximum atomic E-state index is 2.64. The minimum Gasteiger partial charge on any atom is -0.369 e. The van der Waals surface area contributed by atoms with Crippen LogP contribution in [-0.2, 0) is 0 Å². The second-order valence-electron chi connectivity index (χ2n) is 9.79. The van der Waals surface area contributed by atoms with E-state index in [9.17, 15) is 0 Å². The third kappa shape index (κ3) is 5.66. The van der Waals surface area contributed by atoms with Gasteiger partial charge in [-0.15, -0.1) is 0 Å². The molecule has 4 rings (SSSR count). The van der Waals surface area contributed by atoms with Crippen LogP contribution >= 0.6 is 0 Å². The van der Waals surface area contributed by atoms with Crippen molar-refractivity contribution in [1.82, 2.24) is 4.90 Å². The number of anilines is 1. The minimum absolute atomic E-state index is 0.467. The SMILES string of the molecule is C[Si](C)(C)c1ccc(N2CCN(CCC(c3ccccc3)c3ccccc3)CC2)cc1. The summed E-state index contributed by atoms with van der Waals surface area (Å²) in [5.74, 6) is 0.467. The molecule has 162 valence electrons. The van der Waals surface area contributed by atoms with Gasteiger partial charge in [0.2, 0.25) is 0 Å². The minimum atomic E-state index is -1.22. The van der Waals surface area contributed by atoms with Gasteiger partial charge in [-0.3, -0.25) is 4.90 Å². The molecule has 0 unspecified atom stereocenters. The fourth-order valence-electron chi connectivity index (χ4n) is 4.61. The zero-order valence-electron chi connectivity index (χ0n) is 19.3. The van der Waals surface area contributed by atoms with Crippen molar-refractivity contribution in [2.45, 2.75) is 32.0 Å². The highest BCUT2D eigenvalue weighted by Crippen LogP contribution is 2.28. The molecule has 0 bridgehead atoms. The van der Waals surface area contributed by atoms with Gasteiger partial charge in [0, 0.05) is 37.8 Å². The summed E-state index contributed by atoms with van der Waals surface area (Å²) in [6, 6.07) is 31.4. The van der Waals surface area contributed by atoms with Gasteiger partial charge in [-0.25, -0.2) is 0 Å². The number of nitrogens with zero attached hydrogens (tertiary/aromatic N) is 2. The molecule has 0 saturated carbocycles. The molecule has 1 saturated heterocycles. The van der Waals surface area contributed by atoms with Gasteiger partial charge in [-0.1, -0.05) is 97.6 Å². The normalized spacial score (nSPS) is 15.4. The first-order chi connectivity index (χ1) is 15.0. The number of hydrogen-bond acceptors (Lipinski definition) is 2. The Balaban J connectivity index is 1.35. The van der Waals surface area contributed by atoms with E-state index < -0.39 is 8.07 Å². The molecule has 31 heavy (non-hydrogen) atoms. The smallest absolute Gasteiger partial charge is 0.0775 e. The van der Waals surface area contributed by atoms with Crippen LogP contribution in [0.25, 0.3) is 0 Å². The second-order valence-corrected chi connectivity index (χ2v) is 14.9. The van der Waals surface area contributed by atoms with Crippen molar-refractivity contribution in [1.29, 1.82) is 0 Å². The number of rotatable bonds is 7. The molecule has 3 aromatic carbocycles. The van der Waals surface area contributed by atoms with E-state index in [1.807, 2.05) is 0 Å². The molecule has 0 aromatic heterocycles. The fraction of sp³-hybridized carbons (Fsp3) is 0.357. The van der Waals surface area contributed by atoms with Crippen molar-refractivity contribution in [2.75, 3.05) is 37.6 Å². The molecule has 0 N–H and O–H groups in total. The Hall–Kier alpha value is -2.36. The molecule has 0 atom stereocenters. The Morgan fingerprint density at radius 1 is 0.677 bits per heavy atom. The summed E-state index contributed by atoms with van der Waals surface area (Å²) in [5.41, 5.74) is 4.23. The monoisotopic (exact) mass is 428 g/mol. The van der Waals surface area contributed by atoms with E-state index in [0.717, 1.165) is 32.7 Å². The van der Waals surface area contributed by atoms with Crippen LogP contribution in [0.15, 0.2) is 84.9 Å². The van der Waals surface area contributed by atoms with Crippen LogP contribution in [0.1, 0.15) is 23.5 Å². The highest BCUT2D eigenvalue weighted by molar-refractivity contribution is 6.88. The van der Waals surface area contributed by atoms with Crippen molar-refractivity contribution in [3.05, 3.63) is 96.1 Å². The molecular formula is C28H36N2Si. The van der Waals surface area contributed by atoms with Gasteiger partial charge < -0.3 is 4.90 Å². The number of piperazine rings is 1. The van der Waals surface area contributed by atoms with E-state index in [1.165, 1.54) is 23.2 Å². The lowest BCUT2D eigenvalue weighted by atomic mass is 9.88. The quantitative estimate of drug-likeness (QED) is 0.454. The Labute approximate surface area is 189 Å². The van der Waals surface area contributed by atoms with Gasteiger partial charge in [-0.05, 0) is 36.2 Å². The lowest BCUT2D eigenvalue weighted by Crippen LogP contribution is -2.47. The van der Waals surface area contributed by atoms with Gasteiger partial charge in [0.15, 0.2) is 0 Å². The summed E-state index contributed by atoms with van der Waals surface area (Å²) < 4.78 is 0. The molecule has 1 heterocycles. The molecule has 0 radical (unpaired) electrons. The van der Waals surface area contributed by atoms with Crippen molar-refractivity contribution in [3.63, 3.8) is 0 Å². The largest absolute Gasteiger partial charge is 0.369 e. The number of benzene rings is 3. The van der Waals surface area contributed by atoms with Crippen LogP contribution in [0, 0.1) is 0 Å². The molecule has 1 fully saturated rings. The third-order valence-corrected chi connectivity index (χ3v) is 8.67. The Bertz CT molecular complexity index is 885. The van der Waals surface area contributed by atoms with Gasteiger partial charge in [-0.2, -0.15) is 0 Å². The van der Waals surface area contributed by atoms with Crippen LogP contribution in [0.4, 0.5) is 5.69 Å². The van der Waals surface area contributed by atoms with Gasteiger partial charge in [0.1, 0.15) is 0 Å². The molecule has 1 aliphatic heterocycles. The fourth-order valence-corrected chi connectivity index (χ4v) is 5.78. The first kappa shape index (κ1) is 21.9. The van der Waals surface area contributed by atoms with Crippen LogP contribution < -0.4 is 10.1 Å². The van der Waals surface area contributed by atoms with Crippen LogP contribution in [0.5, 0.6) is 0 Å². The molecule has 0 aliphatic carbocycles. The van der Waals surface area contributed by atoms with E-state index in [0.29, 0.717) is 5.92 Å². The van der Waals surface area contributed by atoms with Crippen molar-refractivity contribution < 1.29 is 0 Å². The Morgan fingerprint density at radius 3 is 1.68 bits per heavy atom. The molecule has 0 spiro atoms. The lowest BCUT2D eigenvalue weighted by Gasteiger charge is -2.37. The molecule has 3 heteroatoms. The summed E-state index contributed by atoms with van der Waals surface area (Å²) in [6.07, 6.45) is 1.17. The molecule has 3 aromatic rings. The third-order valence-electron chi connectivity index (χ3n) is 6.61. The molecule has 1 aliphatic rings. The predicted molar refractivity (Wildman–Crippen MR) is 137 cm³/mol. The van der Waals surface area contributed by atoms with Gasteiger partial charge in [0.25, 0.3) is 0 Å². The summed E-state index contributed by atoms with van der Waals surface area (Å²) in [4.78, 5) is 5.20. The summed E-state index contributed by atoms with van der Waals surface area (Å²) >= 11 is 0. The zero-order valence-corrected chi connectivity index (χ0v) is 20.3. The average molecular weight is 429 g/mol. The van der Waals surface area contributed by atoms with Gasteiger partial charge in [0.05, 0.1) is 8.07 Å². The first-order valence-electron chi connectivity index (χ1n) is 11.7. The Kier molecular flexibility index (Phi) is 6.94. The zero-order chi connectivity index (χ0) is 21.7. The van der Waals surface area contributed by atoms with Crippen LogP contribution in [0.3, 0.4) is 0 Å². The summed E-state index contributed by atoms with van der Waals surface area (Å²) in [5, 5.41) is 1.54. The molecule has 2 nitrogen and oxygen atoms in total. The van der Waals surface area contributed by atoms with E-state index in [2.05, 4.69) is 114 Å². The van der Waals surface area contributed by atoms with Crippen molar-refractivity contribution in [2.24, 2.45) is 0 Å². The lowest BCUT2D eigenvalue weighted by molar-refractivity contribution is 0.251. The van der Waals surface area contributed by atoms with Crippen LogP contribution in [0.2, 0.25) is 19.6 Å². The topological polar surface area (TPSA) is 6.48 Å². The first-order valence-corrected chi connectivity index (χ1v) is 15.2. The maximum Gasteiger partial charge on any atom is 0.0775 e. The maximum absolute atomic E-state index is 2.64. The van der Waals surface area contributed by atoms with E-state index in [1.54, 1.807) is 5.19 Å². The van der Waals surface area contributed by atoms with E-state index in [-0.39, 0.29) is 0 Å². The highest BCUT2D eigenvalue weighted by Gasteiger charge is 2.21. The van der Waals surface area contributed by atoms with Crippen molar-refractivity contribution >= 4 is 18.9 Å². The number of hydrogen-bond donors (Lipinski definition) is 0. The van der Waals surface area contributed by atoms with Crippen LogP contribution in [-0.4, -0.2) is 45.7 Å². The average Bonchev–Trinajstić information content (AvgIpc) is 2.81. The van der Waals surface area contributed by atoms with E-state index >= 15 is 0 Å². The highest BCUT2D eigenvalue weighted by atomic mass is 28.3. The van der Waals surface area contributed by atoms with Gasteiger partial charge >= 0.3 is 0 Å². The molecule has 0 amide bonds. The second kappa shape index (κ2) is 9.84. The molecular weight excluding hydrogens is 392 g/mol. The summed E-state index contributed by atoms with van der Waals surface area (Å²) in [7, 11) is -1.22. The van der Waals surface area contributed by atoms with E-state index in [4.69, 9.17) is 0 Å². The Morgan fingerprint density at radius 2 is 1.19 bits per heavy atom. The summed E-state index contributed by atoms with van der Waals surface area (Å²) in [6.45, 7) is 12.9. The predicted octanol–water partition coefficient (Wildman–Crippen LogP) is 5.58.